The van der Waals surface area contributed by atoms with Crippen molar-refractivity contribution in [1.82, 2.24) is 14.1 Å². The summed E-state index contributed by atoms with van der Waals surface area (Å²) in [6.45, 7) is 8.24. The van der Waals surface area contributed by atoms with E-state index in [1.54, 1.807) is 4.57 Å². The van der Waals surface area contributed by atoms with E-state index < -0.39 is 0 Å². The zero-order valence-corrected chi connectivity index (χ0v) is 19.0. The molecule has 0 saturated carbocycles. The number of nitrogens with zero attached hydrogens (tertiary/aromatic N) is 3. The number of benzene rings is 2. The van der Waals surface area contributed by atoms with Crippen LogP contribution in [0.2, 0.25) is 5.02 Å². The number of H-pyrrole nitrogens is 1. The molecule has 6 nitrogen and oxygen atoms in total. The van der Waals surface area contributed by atoms with E-state index in [4.69, 9.17) is 28.6 Å². The van der Waals surface area contributed by atoms with E-state index in [-0.39, 0.29) is 17.8 Å². The van der Waals surface area contributed by atoms with Crippen LogP contribution in [0.4, 0.5) is 5.69 Å². The average molecular weight is 445 g/mol. The quantitative estimate of drug-likeness (QED) is 0.543. The minimum absolute atomic E-state index is 0.0840. The van der Waals surface area contributed by atoms with Crippen molar-refractivity contribution < 1.29 is 4.74 Å². The van der Waals surface area contributed by atoms with Crippen LogP contribution in [-0.2, 0) is 6.54 Å². The number of aromatic amines is 1. The van der Waals surface area contributed by atoms with Crippen LogP contribution < -0.4 is 16.0 Å². The van der Waals surface area contributed by atoms with Gasteiger partial charge in [-0.05, 0) is 81.9 Å². The molecule has 3 rings (SSSR count). The molecule has 0 bridgehead atoms. The number of aromatic nitrogens is 3. The lowest BCUT2D eigenvalue weighted by atomic mass is 10.2. The third-order valence-corrected chi connectivity index (χ3v) is 5.01. The van der Waals surface area contributed by atoms with Crippen LogP contribution in [0.15, 0.2) is 58.3 Å². The molecule has 8 heteroatoms. The number of hydrogen-bond donors (Lipinski definition) is 1. The molecule has 0 aliphatic carbocycles. The molecule has 0 aliphatic rings. The zero-order chi connectivity index (χ0) is 21.8. The molecular weight excluding hydrogens is 420 g/mol. The van der Waals surface area contributed by atoms with Gasteiger partial charge in [-0.15, -0.1) is 0 Å². The van der Waals surface area contributed by atoms with E-state index in [0.29, 0.717) is 27.6 Å². The van der Waals surface area contributed by atoms with Crippen molar-refractivity contribution in [3.05, 3.63) is 80.0 Å². The molecule has 0 spiro atoms. The molecule has 0 unspecified atom stereocenters. The summed E-state index contributed by atoms with van der Waals surface area (Å²) in [5.41, 5.74) is 1.77. The van der Waals surface area contributed by atoms with Gasteiger partial charge in [0, 0.05) is 11.1 Å². The van der Waals surface area contributed by atoms with Gasteiger partial charge in [0.15, 0.2) is 4.77 Å². The number of halogens is 1. The average Bonchev–Trinajstić information content (AvgIpc) is 2.67. The molecule has 0 amide bonds. The van der Waals surface area contributed by atoms with Gasteiger partial charge in [0.05, 0.1) is 18.3 Å². The molecule has 0 atom stereocenters. The Labute approximate surface area is 185 Å². The van der Waals surface area contributed by atoms with Gasteiger partial charge in [0.2, 0.25) is 5.62 Å². The van der Waals surface area contributed by atoms with Crippen LogP contribution in [0.1, 0.15) is 39.3 Å². The third-order valence-electron chi connectivity index (χ3n) is 4.34. The molecule has 30 heavy (non-hydrogen) atoms. The van der Waals surface area contributed by atoms with E-state index >= 15 is 0 Å². The Kier molecular flexibility index (Phi) is 6.95. The van der Waals surface area contributed by atoms with Crippen molar-refractivity contribution in [1.29, 1.82) is 0 Å². The first-order chi connectivity index (χ1) is 14.2. The van der Waals surface area contributed by atoms with Crippen LogP contribution in [0, 0.1) is 4.77 Å². The maximum Gasteiger partial charge on any atom is 0.330 e. The van der Waals surface area contributed by atoms with Gasteiger partial charge in [-0.3, -0.25) is 14.1 Å². The molecule has 0 saturated heterocycles. The van der Waals surface area contributed by atoms with Crippen molar-refractivity contribution in [3.8, 4) is 5.75 Å². The first-order valence-electron chi connectivity index (χ1n) is 9.76. The van der Waals surface area contributed by atoms with Crippen LogP contribution in [0.3, 0.4) is 0 Å². The number of ether oxygens (including phenoxy) is 1. The first-order valence-corrected chi connectivity index (χ1v) is 10.5. The lowest BCUT2D eigenvalue weighted by Crippen LogP contribution is -2.39. The molecule has 1 N–H and O–H groups in total. The van der Waals surface area contributed by atoms with Crippen LogP contribution in [0.5, 0.6) is 5.75 Å². The summed E-state index contributed by atoms with van der Waals surface area (Å²) in [5, 5.41) is 0.662. The van der Waals surface area contributed by atoms with E-state index in [0.717, 1.165) is 11.3 Å². The summed E-state index contributed by atoms with van der Waals surface area (Å²) in [6.07, 6.45) is 0.0917. The van der Waals surface area contributed by atoms with Gasteiger partial charge in [-0.25, -0.2) is 9.79 Å². The summed E-state index contributed by atoms with van der Waals surface area (Å²) in [5.74, 6) is 0.765. The highest BCUT2D eigenvalue weighted by Crippen LogP contribution is 2.18. The molecular formula is C22H25ClN4O2S. The van der Waals surface area contributed by atoms with Crippen molar-refractivity contribution in [2.45, 2.75) is 46.4 Å². The fraction of sp³-hybridized carbons (Fsp3) is 0.318. The van der Waals surface area contributed by atoms with E-state index in [1.165, 1.54) is 0 Å². The molecule has 0 aliphatic heterocycles. The molecule has 1 aromatic heterocycles. The molecule has 3 aromatic rings. The lowest BCUT2D eigenvalue weighted by molar-refractivity contribution is 0.242. The number of nitrogens with one attached hydrogen (secondary N) is 1. The number of rotatable bonds is 6. The Bertz CT molecular complexity index is 1190. The predicted molar refractivity (Wildman–Crippen MR) is 122 cm³/mol. The minimum atomic E-state index is -0.291. The Hall–Kier alpha value is -2.64. The molecule has 158 valence electrons. The Morgan fingerprint density at radius 3 is 2.27 bits per heavy atom. The van der Waals surface area contributed by atoms with Gasteiger partial charge >= 0.3 is 5.69 Å². The van der Waals surface area contributed by atoms with Crippen LogP contribution >= 0.6 is 23.8 Å². The van der Waals surface area contributed by atoms with Gasteiger partial charge < -0.3 is 4.74 Å². The standard InChI is InChI=1S/C22H25ClN4O2S/c1-14(2)27-21(28)25-20(24-18-9-11-19(12-10-18)29-15(3)4)26(22(27)30)13-16-5-7-17(23)8-6-16/h5-12,14-15H,13H2,1-4H3,(H,24,25,28). The fourth-order valence-corrected chi connectivity index (χ4v) is 3.55. The molecule has 0 radical (unpaired) electrons. The summed E-state index contributed by atoms with van der Waals surface area (Å²) < 4.78 is 9.44. The lowest BCUT2D eigenvalue weighted by Gasteiger charge is -2.15. The van der Waals surface area contributed by atoms with Gasteiger partial charge in [0.25, 0.3) is 0 Å². The Morgan fingerprint density at radius 1 is 1.07 bits per heavy atom. The molecule has 0 fully saturated rings. The van der Waals surface area contributed by atoms with E-state index in [1.807, 2.05) is 80.8 Å². The monoisotopic (exact) mass is 444 g/mol. The molecule has 2 aromatic carbocycles. The van der Waals surface area contributed by atoms with Crippen LogP contribution in [0.25, 0.3) is 0 Å². The maximum absolute atomic E-state index is 12.6. The first kappa shape index (κ1) is 22.1. The second-order valence-electron chi connectivity index (χ2n) is 7.49. The Morgan fingerprint density at radius 2 is 1.70 bits per heavy atom. The van der Waals surface area contributed by atoms with Crippen molar-refractivity contribution in [3.63, 3.8) is 0 Å². The maximum atomic E-state index is 12.6. The second-order valence-corrected chi connectivity index (χ2v) is 8.29. The predicted octanol–water partition coefficient (Wildman–Crippen LogP) is 5.01. The minimum Gasteiger partial charge on any atom is -0.491 e. The molecule has 1 heterocycles. The van der Waals surface area contributed by atoms with Crippen LogP contribution in [-0.4, -0.2) is 20.2 Å². The highest BCUT2D eigenvalue weighted by Gasteiger charge is 2.10. The van der Waals surface area contributed by atoms with E-state index in [9.17, 15) is 4.79 Å². The summed E-state index contributed by atoms with van der Waals surface area (Å²) in [4.78, 5) is 20.2. The summed E-state index contributed by atoms with van der Waals surface area (Å²) in [7, 11) is 0. The van der Waals surface area contributed by atoms with Crippen molar-refractivity contribution in [2.75, 3.05) is 0 Å². The van der Waals surface area contributed by atoms with Gasteiger partial charge in [-0.1, -0.05) is 23.7 Å². The van der Waals surface area contributed by atoms with Gasteiger partial charge in [-0.2, -0.15) is 0 Å². The second kappa shape index (κ2) is 9.45. The topological polar surface area (TPSA) is 64.3 Å². The summed E-state index contributed by atoms with van der Waals surface area (Å²) >= 11 is 11.7. The summed E-state index contributed by atoms with van der Waals surface area (Å²) in [6, 6.07) is 14.8. The third kappa shape index (κ3) is 5.29. The van der Waals surface area contributed by atoms with Crippen molar-refractivity contribution in [2.24, 2.45) is 4.99 Å². The fourth-order valence-electron chi connectivity index (χ4n) is 2.98. The number of hydrogen-bond acceptors (Lipinski definition) is 4. The largest absolute Gasteiger partial charge is 0.491 e. The SMILES string of the molecule is CC(C)Oc1ccc(/N=c2/[nH]c(=O)n(C(C)C)c(=S)n2Cc2ccc(Cl)cc2)cc1. The normalized spacial score (nSPS) is 12.0. The smallest absolute Gasteiger partial charge is 0.330 e. The van der Waals surface area contributed by atoms with Crippen molar-refractivity contribution >= 4 is 29.5 Å². The highest BCUT2D eigenvalue weighted by molar-refractivity contribution is 7.71. The Balaban J connectivity index is 2.12. The highest BCUT2D eigenvalue weighted by atomic mass is 35.5. The zero-order valence-electron chi connectivity index (χ0n) is 17.4. The van der Waals surface area contributed by atoms with Gasteiger partial charge in [0.1, 0.15) is 5.75 Å². The van der Waals surface area contributed by atoms with E-state index in [2.05, 4.69) is 9.98 Å².